The predicted molar refractivity (Wildman–Crippen MR) is 78.1 cm³/mol. The number of para-hydroxylation sites is 1. The number of alkyl halides is 3. The quantitative estimate of drug-likeness (QED) is 0.678. The molecule has 1 aromatic carbocycles. The molecule has 0 fully saturated rings. The van der Waals surface area contributed by atoms with Crippen molar-refractivity contribution in [3.8, 4) is 0 Å². The number of amides is 3. The predicted octanol–water partition coefficient (Wildman–Crippen LogP) is 1.42. The fourth-order valence-corrected chi connectivity index (χ4v) is 1.46. The van der Waals surface area contributed by atoms with Crippen molar-refractivity contribution in [2.24, 2.45) is 0 Å². The smallest absolute Gasteiger partial charge is 0.405 e. The number of benzene rings is 1. The summed E-state index contributed by atoms with van der Waals surface area (Å²) in [5.41, 5.74) is 0.502. The number of ether oxygens (including phenoxy) is 1. The van der Waals surface area contributed by atoms with E-state index < -0.39 is 43.3 Å². The van der Waals surface area contributed by atoms with E-state index in [-0.39, 0.29) is 0 Å². The Balaban J connectivity index is 2.31. The van der Waals surface area contributed by atoms with Gasteiger partial charge in [0.15, 0.2) is 6.61 Å². The first-order valence-electron chi connectivity index (χ1n) is 6.80. The zero-order valence-electron chi connectivity index (χ0n) is 12.6. The van der Waals surface area contributed by atoms with Gasteiger partial charge in [0.25, 0.3) is 5.91 Å². The van der Waals surface area contributed by atoms with E-state index in [1.54, 1.807) is 35.6 Å². The van der Waals surface area contributed by atoms with Crippen LogP contribution in [-0.4, -0.2) is 43.3 Å². The molecular formula is C14H16F3N3O4. The van der Waals surface area contributed by atoms with E-state index in [4.69, 9.17) is 0 Å². The molecule has 0 saturated heterocycles. The third kappa shape index (κ3) is 8.01. The summed E-state index contributed by atoms with van der Waals surface area (Å²) in [6, 6.07) is 6.66. The molecule has 1 aromatic rings. The number of rotatable bonds is 6. The molecule has 0 heterocycles. The molecule has 1 atom stereocenters. The van der Waals surface area contributed by atoms with Gasteiger partial charge in [0.2, 0.25) is 0 Å². The zero-order valence-corrected chi connectivity index (χ0v) is 12.6. The Hall–Kier alpha value is -2.78. The molecule has 10 heteroatoms. The van der Waals surface area contributed by atoms with E-state index in [1.165, 1.54) is 6.92 Å². The number of hydrogen-bond donors (Lipinski definition) is 3. The summed E-state index contributed by atoms with van der Waals surface area (Å²) in [6.45, 7) is -1.08. The lowest BCUT2D eigenvalue weighted by Crippen LogP contribution is -2.43. The van der Waals surface area contributed by atoms with Crippen LogP contribution in [0.2, 0.25) is 0 Å². The van der Waals surface area contributed by atoms with Gasteiger partial charge in [-0.25, -0.2) is 9.59 Å². The van der Waals surface area contributed by atoms with Crippen LogP contribution < -0.4 is 16.0 Å². The van der Waals surface area contributed by atoms with Crippen LogP contribution in [0.25, 0.3) is 0 Å². The molecule has 0 saturated carbocycles. The highest BCUT2D eigenvalue weighted by Crippen LogP contribution is 2.11. The lowest BCUT2D eigenvalue weighted by atomic mass is 10.3. The average Bonchev–Trinajstić information content (AvgIpc) is 2.50. The van der Waals surface area contributed by atoms with E-state index in [2.05, 4.69) is 15.4 Å². The van der Waals surface area contributed by atoms with Crippen LogP contribution in [0.3, 0.4) is 0 Å². The minimum Gasteiger partial charge on any atom is -0.454 e. The minimum atomic E-state index is -4.55. The van der Waals surface area contributed by atoms with Crippen molar-refractivity contribution < 1.29 is 32.3 Å². The topological polar surface area (TPSA) is 96.5 Å². The summed E-state index contributed by atoms with van der Waals surface area (Å²) in [6.07, 6.45) is -4.55. The van der Waals surface area contributed by atoms with E-state index >= 15 is 0 Å². The fraction of sp³-hybridized carbons (Fsp3) is 0.357. The van der Waals surface area contributed by atoms with Crippen molar-refractivity contribution in [2.75, 3.05) is 18.5 Å². The largest absolute Gasteiger partial charge is 0.454 e. The molecule has 0 aliphatic heterocycles. The van der Waals surface area contributed by atoms with Crippen LogP contribution >= 0.6 is 0 Å². The number of urea groups is 1. The lowest BCUT2D eigenvalue weighted by molar-refractivity contribution is -0.152. The Kier molecular flexibility index (Phi) is 7.02. The maximum absolute atomic E-state index is 11.9. The maximum Gasteiger partial charge on any atom is 0.405 e. The van der Waals surface area contributed by atoms with E-state index in [0.29, 0.717) is 5.69 Å². The van der Waals surface area contributed by atoms with Crippen molar-refractivity contribution in [3.05, 3.63) is 30.3 Å². The Labute approximate surface area is 135 Å². The van der Waals surface area contributed by atoms with Crippen molar-refractivity contribution >= 4 is 23.6 Å². The molecule has 24 heavy (non-hydrogen) atoms. The first-order chi connectivity index (χ1) is 11.2. The van der Waals surface area contributed by atoms with Crippen molar-refractivity contribution in [2.45, 2.75) is 19.1 Å². The average molecular weight is 347 g/mol. The molecule has 132 valence electrons. The van der Waals surface area contributed by atoms with Gasteiger partial charge in [-0.2, -0.15) is 13.2 Å². The van der Waals surface area contributed by atoms with E-state index in [9.17, 15) is 27.6 Å². The third-order valence-electron chi connectivity index (χ3n) is 2.56. The summed E-state index contributed by atoms with van der Waals surface area (Å²) in [4.78, 5) is 34.3. The van der Waals surface area contributed by atoms with Crippen LogP contribution in [0.1, 0.15) is 6.92 Å². The molecule has 0 radical (unpaired) electrons. The van der Waals surface area contributed by atoms with Crippen LogP contribution in [-0.2, 0) is 14.3 Å². The van der Waals surface area contributed by atoms with Gasteiger partial charge in [0.1, 0.15) is 12.6 Å². The Morgan fingerprint density at radius 3 is 2.38 bits per heavy atom. The second-order valence-electron chi connectivity index (χ2n) is 4.69. The van der Waals surface area contributed by atoms with E-state index in [0.717, 1.165) is 0 Å². The highest BCUT2D eigenvalue weighted by Gasteiger charge is 2.28. The summed E-state index contributed by atoms with van der Waals surface area (Å²) >= 11 is 0. The fourth-order valence-electron chi connectivity index (χ4n) is 1.46. The monoisotopic (exact) mass is 347 g/mol. The van der Waals surface area contributed by atoms with Crippen LogP contribution in [0.4, 0.5) is 23.7 Å². The number of carbonyl (C=O) groups excluding carboxylic acids is 3. The highest BCUT2D eigenvalue weighted by molar-refractivity contribution is 5.92. The van der Waals surface area contributed by atoms with Gasteiger partial charge >= 0.3 is 18.2 Å². The van der Waals surface area contributed by atoms with Gasteiger partial charge in [-0.1, -0.05) is 18.2 Å². The summed E-state index contributed by atoms with van der Waals surface area (Å²) < 4.78 is 40.2. The van der Waals surface area contributed by atoms with Gasteiger partial charge in [-0.3, -0.25) is 4.79 Å². The molecule has 0 bridgehead atoms. The van der Waals surface area contributed by atoms with Gasteiger partial charge in [-0.05, 0) is 19.1 Å². The van der Waals surface area contributed by atoms with Gasteiger partial charge in [0, 0.05) is 5.69 Å². The zero-order chi connectivity index (χ0) is 18.2. The first-order valence-corrected chi connectivity index (χ1v) is 6.80. The van der Waals surface area contributed by atoms with E-state index in [1.807, 2.05) is 0 Å². The number of carbonyl (C=O) groups is 3. The molecular weight excluding hydrogens is 331 g/mol. The van der Waals surface area contributed by atoms with Gasteiger partial charge in [0.05, 0.1) is 0 Å². The second-order valence-corrected chi connectivity index (χ2v) is 4.69. The van der Waals surface area contributed by atoms with Crippen LogP contribution in [0.5, 0.6) is 0 Å². The maximum atomic E-state index is 11.9. The molecule has 0 aromatic heterocycles. The number of anilines is 1. The van der Waals surface area contributed by atoms with Gasteiger partial charge in [-0.15, -0.1) is 0 Å². The number of esters is 1. The van der Waals surface area contributed by atoms with Crippen molar-refractivity contribution in [1.82, 2.24) is 10.6 Å². The third-order valence-corrected chi connectivity index (χ3v) is 2.56. The lowest BCUT2D eigenvalue weighted by Gasteiger charge is -2.14. The molecule has 0 aliphatic rings. The van der Waals surface area contributed by atoms with Crippen molar-refractivity contribution in [3.63, 3.8) is 0 Å². The Morgan fingerprint density at radius 2 is 1.79 bits per heavy atom. The van der Waals surface area contributed by atoms with Crippen LogP contribution in [0.15, 0.2) is 30.3 Å². The molecule has 0 aliphatic carbocycles. The molecule has 7 nitrogen and oxygen atoms in total. The summed E-state index contributed by atoms with van der Waals surface area (Å²) in [5.74, 6) is -2.05. The number of hydrogen-bond acceptors (Lipinski definition) is 4. The van der Waals surface area contributed by atoms with Gasteiger partial charge < -0.3 is 20.7 Å². The number of halogens is 3. The summed E-state index contributed by atoms with van der Waals surface area (Å²) in [7, 11) is 0. The Bertz CT molecular complexity index is 578. The molecule has 3 amide bonds. The standard InChI is InChI=1S/C14H16F3N3O4/c1-9(19-13(23)20-10-5-3-2-4-6-10)12(22)24-7-11(21)18-8-14(15,16)17/h2-6,9H,7-8H2,1H3,(H,18,21)(H2,19,20,23)/t9-/m0/s1. The molecule has 3 N–H and O–H groups in total. The van der Waals surface area contributed by atoms with Crippen molar-refractivity contribution in [1.29, 1.82) is 0 Å². The SMILES string of the molecule is C[C@H](NC(=O)Nc1ccccc1)C(=O)OCC(=O)NCC(F)(F)F. The minimum absolute atomic E-state index is 0.502. The normalized spacial score (nSPS) is 12.0. The molecule has 1 rings (SSSR count). The Morgan fingerprint density at radius 1 is 1.17 bits per heavy atom. The summed E-state index contributed by atoms with van der Waals surface area (Å²) in [5, 5.41) is 6.29. The molecule has 0 spiro atoms. The van der Waals surface area contributed by atoms with Crippen LogP contribution in [0, 0.1) is 0 Å². The molecule has 0 unspecified atom stereocenters. The highest BCUT2D eigenvalue weighted by atomic mass is 19.4. The number of nitrogens with one attached hydrogen (secondary N) is 3. The first kappa shape index (κ1) is 19.3. The second kappa shape index (κ2) is 8.75.